The monoisotopic (exact) mass is 295 g/mol. The molecule has 1 fully saturated rings. The highest BCUT2D eigenvalue weighted by atomic mass is 16.5. The van der Waals surface area contributed by atoms with E-state index in [0.29, 0.717) is 24.5 Å². The standard InChI is InChI=1S/C14H25N5O2/c1-5-7-15-11-16-12(18-13(17-11)21-10(2)3)19-14(4)6-8-20-9-14/h10H,5-9H2,1-4H3,(H2,15,16,17,18,19). The number of anilines is 2. The van der Waals surface area contributed by atoms with Gasteiger partial charge in [0.05, 0.1) is 18.2 Å². The third kappa shape index (κ3) is 4.70. The van der Waals surface area contributed by atoms with Gasteiger partial charge < -0.3 is 20.1 Å². The molecule has 1 saturated heterocycles. The van der Waals surface area contributed by atoms with E-state index in [1.165, 1.54) is 0 Å². The second kappa shape index (κ2) is 6.89. The van der Waals surface area contributed by atoms with Crippen molar-refractivity contribution in [2.24, 2.45) is 0 Å². The lowest BCUT2D eigenvalue weighted by Gasteiger charge is -2.23. The van der Waals surface area contributed by atoms with E-state index in [2.05, 4.69) is 39.4 Å². The Hall–Kier alpha value is -1.63. The van der Waals surface area contributed by atoms with Gasteiger partial charge in [0.2, 0.25) is 11.9 Å². The number of nitrogens with one attached hydrogen (secondary N) is 2. The SMILES string of the molecule is CCCNc1nc(NC2(C)CCOC2)nc(OC(C)C)n1. The Morgan fingerprint density at radius 3 is 2.67 bits per heavy atom. The molecule has 0 saturated carbocycles. The predicted octanol–water partition coefficient (Wildman–Crippen LogP) is 2.07. The zero-order chi connectivity index (χ0) is 15.3. The van der Waals surface area contributed by atoms with Gasteiger partial charge in [0.15, 0.2) is 0 Å². The molecule has 0 radical (unpaired) electrons. The van der Waals surface area contributed by atoms with Gasteiger partial charge in [0.1, 0.15) is 0 Å². The predicted molar refractivity (Wildman–Crippen MR) is 81.8 cm³/mol. The van der Waals surface area contributed by atoms with E-state index in [0.717, 1.165) is 26.0 Å². The molecule has 21 heavy (non-hydrogen) atoms. The Morgan fingerprint density at radius 2 is 2.05 bits per heavy atom. The molecule has 0 amide bonds. The van der Waals surface area contributed by atoms with Crippen LogP contribution in [0.5, 0.6) is 6.01 Å². The maximum Gasteiger partial charge on any atom is 0.323 e. The molecule has 1 unspecified atom stereocenters. The lowest BCUT2D eigenvalue weighted by atomic mass is 10.0. The van der Waals surface area contributed by atoms with Crippen LogP contribution < -0.4 is 15.4 Å². The van der Waals surface area contributed by atoms with E-state index in [1.807, 2.05) is 13.8 Å². The van der Waals surface area contributed by atoms with Crippen molar-refractivity contribution in [2.45, 2.75) is 52.2 Å². The fourth-order valence-electron chi connectivity index (χ4n) is 2.03. The number of hydrogen-bond acceptors (Lipinski definition) is 7. The molecular formula is C14H25N5O2. The Morgan fingerprint density at radius 1 is 1.29 bits per heavy atom. The van der Waals surface area contributed by atoms with Gasteiger partial charge >= 0.3 is 6.01 Å². The summed E-state index contributed by atoms with van der Waals surface area (Å²) in [6, 6.07) is 0.337. The molecule has 0 spiro atoms. The number of rotatable bonds is 7. The zero-order valence-electron chi connectivity index (χ0n) is 13.3. The van der Waals surface area contributed by atoms with Gasteiger partial charge in [0, 0.05) is 13.2 Å². The molecule has 7 nitrogen and oxygen atoms in total. The third-order valence-electron chi connectivity index (χ3n) is 3.12. The van der Waals surface area contributed by atoms with Crippen LogP contribution in [-0.4, -0.2) is 46.4 Å². The van der Waals surface area contributed by atoms with E-state index in [-0.39, 0.29) is 11.6 Å². The molecule has 1 aromatic heterocycles. The summed E-state index contributed by atoms with van der Waals surface area (Å²) in [5.41, 5.74) is -0.140. The van der Waals surface area contributed by atoms with Gasteiger partial charge in [-0.05, 0) is 33.6 Å². The molecule has 118 valence electrons. The first-order chi connectivity index (χ1) is 10.0. The van der Waals surface area contributed by atoms with Crippen molar-refractivity contribution in [2.75, 3.05) is 30.4 Å². The smallest absolute Gasteiger partial charge is 0.323 e. The third-order valence-corrected chi connectivity index (χ3v) is 3.12. The van der Waals surface area contributed by atoms with E-state index < -0.39 is 0 Å². The fourth-order valence-corrected chi connectivity index (χ4v) is 2.03. The molecular weight excluding hydrogens is 270 g/mol. The Balaban J connectivity index is 2.17. The van der Waals surface area contributed by atoms with E-state index >= 15 is 0 Å². The molecule has 0 bridgehead atoms. The molecule has 2 rings (SSSR count). The van der Waals surface area contributed by atoms with Crippen LogP contribution in [0.1, 0.15) is 40.5 Å². The first-order valence-corrected chi connectivity index (χ1v) is 7.53. The van der Waals surface area contributed by atoms with Crippen molar-refractivity contribution in [1.82, 2.24) is 15.0 Å². The van der Waals surface area contributed by atoms with Gasteiger partial charge in [-0.3, -0.25) is 0 Å². The normalized spacial score (nSPS) is 21.6. The maximum atomic E-state index is 5.60. The summed E-state index contributed by atoms with van der Waals surface area (Å²) in [6.07, 6.45) is 1.95. The first kappa shape index (κ1) is 15.8. The molecule has 7 heteroatoms. The zero-order valence-corrected chi connectivity index (χ0v) is 13.3. The minimum atomic E-state index is -0.140. The lowest BCUT2D eigenvalue weighted by molar-refractivity contribution is 0.185. The van der Waals surface area contributed by atoms with E-state index in [1.54, 1.807) is 0 Å². The van der Waals surface area contributed by atoms with Crippen molar-refractivity contribution in [3.05, 3.63) is 0 Å². The molecule has 1 aliphatic heterocycles. The Kier molecular flexibility index (Phi) is 5.17. The van der Waals surface area contributed by atoms with Crippen LogP contribution in [0.4, 0.5) is 11.9 Å². The molecule has 1 aliphatic rings. The second-order valence-corrected chi connectivity index (χ2v) is 5.85. The topological polar surface area (TPSA) is 81.2 Å². The summed E-state index contributed by atoms with van der Waals surface area (Å²) in [7, 11) is 0. The summed E-state index contributed by atoms with van der Waals surface area (Å²) in [6.45, 7) is 10.3. The average molecular weight is 295 g/mol. The largest absolute Gasteiger partial charge is 0.461 e. The van der Waals surface area contributed by atoms with Gasteiger partial charge in [-0.1, -0.05) is 6.92 Å². The molecule has 1 aromatic rings. The first-order valence-electron chi connectivity index (χ1n) is 7.53. The van der Waals surface area contributed by atoms with Crippen LogP contribution in [0.15, 0.2) is 0 Å². The van der Waals surface area contributed by atoms with Crippen LogP contribution in [-0.2, 0) is 4.74 Å². The number of aromatic nitrogens is 3. The fraction of sp³-hybridized carbons (Fsp3) is 0.786. The number of nitrogens with zero attached hydrogens (tertiary/aromatic N) is 3. The van der Waals surface area contributed by atoms with Crippen molar-refractivity contribution in [3.63, 3.8) is 0 Å². The number of hydrogen-bond donors (Lipinski definition) is 2. The highest BCUT2D eigenvalue weighted by molar-refractivity contribution is 5.38. The highest BCUT2D eigenvalue weighted by Crippen LogP contribution is 2.23. The van der Waals surface area contributed by atoms with Gasteiger partial charge in [-0.2, -0.15) is 15.0 Å². The summed E-state index contributed by atoms with van der Waals surface area (Å²) >= 11 is 0. The molecule has 0 aliphatic carbocycles. The highest BCUT2D eigenvalue weighted by Gasteiger charge is 2.30. The summed E-state index contributed by atoms with van der Waals surface area (Å²) in [5, 5.41) is 6.51. The summed E-state index contributed by atoms with van der Waals surface area (Å²) < 4.78 is 11.0. The second-order valence-electron chi connectivity index (χ2n) is 5.85. The minimum Gasteiger partial charge on any atom is -0.461 e. The quantitative estimate of drug-likeness (QED) is 0.797. The Bertz CT molecular complexity index is 461. The average Bonchev–Trinajstić information content (AvgIpc) is 2.81. The van der Waals surface area contributed by atoms with Gasteiger partial charge in [-0.25, -0.2) is 0 Å². The minimum absolute atomic E-state index is 0.0182. The van der Waals surface area contributed by atoms with Gasteiger partial charge in [0.25, 0.3) is 0 Å². The van der Waals surface area contributed by atoms with Crippen molar-refractivity contribution in [1.29, 1.82) is 0 Å². The summed E-state index contributed by atoms with van der Waals surface area (Å²) in [5.74, 6) is 1.06. The van der Waals surface area contributed by atoms with E-state index in [4.69, 9.17) is 9.47 Å². The van der Waals surface area contributed by atoms with Crippen molar-refractivity contribution >= 4 is 11.9 Å². The van der Waals surface area contributed by atoms with Crippen LogP contribution in [0.3, 0.4) is 0 Å². The van der Waals surface area contributed by atoms with Crippen molar-refractivity contribution < 1.29 is 9.47 Å². The van der Waals surface area contributed by atoms with Crippen LogP contribution in [0, 0.1) is 0 Å². The van der Waals surface area contributed by atoms with Crippen LogP contribution in [0.2, 0.25) is 0 Å². The molecule has 0 aromatic carbocycles. The van der Waals surface area contributed by atoms with Crippen LogP contribution >= 0.6 is 0 Å². The Labute approximate surface area is 125 Å². The number of ether oxygens (including phenoxy) is 2. The molecule has 2 heterocycles. The summed E-state index contributed by atoms with van der Waals surface area (Å²) in [4.78, 5) is 13.0. The van der Waals surface area contributed by atoms with Crippen LogP contribution in [0.25, 0.3) is 0 Å². The maximum absolute atomic E-state index is 5.60. The van der Waals surface area contributed by atoms with E-state index in [9.17, 15) is 0 Å². The molecule has 1 atom stereocenters. The van der Waals surface area contributed by atoms with Gasteiger partial charge in [-0.15, -0.1) is 0 Å². The molecule has 2 N–H and O–H groups in total. The lowest BCUT2D eigenvalue weighted by Crippen LogP contribution is -2.36. The van der Waals surface area contributed by atoms with Crippen molar-refractivity contribution in [3.8, 4) is 6.01 Å².